The molecule has 0 unspecified atom stereocenters. The van der Waals surface area contributed by atoms with Crippen LogP contribution in [-0.4, -0.2) is 16.3 Å². The molecule has 0 bridgehead atoms. The Hall–Kier alpha value is -0.100. The summed E-state index contributed by atoms with van der Waals surface area (Å²) in [5.74, 6) is 0. The van der Waals surface area contributed by atoms with Gasteiger partial charge in [-0.1, -0.05) is 0 Å². The van der Waals surface area contributed by atoms with Gasteiger partial charge in [0, 0.05) is 17.7 Å². The van der Waals surface area contributed by atoms with Crippen molar-refractivity contribution in [1.82, 2.24) is 10.2 Å². The Kier molecular flexibility index (Phi) is 1.88. The second-order valence-corrected chi connectivity index (χ2v) is 3.82. The van der Waals surface area contributed by atoms with Crippen LogP contribution < -0.4 is 0 Å². The van der Waals surface area contributed by atoms with Gasteiger partial charge in [-0.25, -0.2) is 0 Å². The Morgan fingerprint density at radius 2 is 2.55 bits per heavy atom. The molecule has 11 heavy (non-hydrogen) atoms. The van der Waals surface area contributed by atoms with Gasteiger partial charge in [0.05, 0.1) is 12.7 Å². The predicted octanol–water partition coefficient (Wildman–Crippen LogP) is 1.48. The molecule has 1 aliphatic rings. The summed E-state index contributed by atoms with van der Waals surface area (Å²) in [4.78, 5) is 0. The molecule has 0 fully saturated rings. The van der Waals surface area contributed by atoms with Crippen molar-refractivity contribution in [2.75, 3.05) is 0 Å². The Balaban J connectivity index is 2.36. The summed E-state index contributed by atoms with van der Waals surface area (Å²) >= 11 is 2.22. The lowest BCUT2D eigenvalue weighted by atomic mass is 10.1. The average molecular weight is 264 g/mol. The van der Waals surface area contributed by atoms with Gasteiger partial charge >= 0.3 is 0 Å². The number of aromatic nitrogens is 2. The number of aromatic amines is 1. The lowest BCUT2D eigenvalue weighted by Gasteiger charge is -2.18. The van der Waals surface area contributed by atoms with Crippen LogP contribution in [-0.2, 0) is 17.8 Å². The zero-order chi connectivity index (χ0) is 7.84. The van der Waals surface area contributed by atoms with Crippen molar-refractivity contribution >= 4 is 22.6 Å². The van der Waals surface area contributed by atoms with Crippen molar-refractivity contribution in [2.24, 2.45) is 0 Å². The van der Waals surface area contributed by atoms with E-state index in [4.69, 9.17) is 4.74 Å². The number of nitrogens with one attached hydrogen (secondary N) is 1. The van der Waals surface area contributed by atoms with Crippen LogP contribution in [0.1, 0.15) is 18.2 Å². The van der Waals surface area contributed by atoms with Crippen molar-refractivity contribution in [3.8, 4) is 0 Å². The Labute approximate surface area is 78.7 Å². The van der Waals surface area contributed by atoms with Gasteiger partial charge in [-0.05, 0) is 29.5 Å². The molecule has 0 amide bonds. The van der Waals surface area contributed by atoms with E-state index >= 15 is 0 Å². The number of hydrogen-bond donors (Lipinski definition) is 1. The van der Waals surface area contributed by atoms with E-state index in [-0.39, 0.29) is 0 Å². The van der Waals surface area contributed by atoms with E-state index in [1.165, 1.54) is 11.3 Å². The van der Waals surface area contributed by atoms with Crippen LogP contribution >= 0.6 is 22.6 Å². The zero-order valence-corrected chi connectivity index (χ0v) is 8.38. The highest BCUT2D eigenvalue weighted by molar-refractivity contribution is 14.1. The summed E-state index contributed by atoms with van der Waals surface area (Å²) in [5.41, 5.74) is 2.48. The molecule has 0 saturated heterocycles. The van der Waals surface area contributed by atoms with E-state index in [2.05, 4.69) is 39.7 Å². The molecule has 0 spiro atoms. The first-order valence-corrected chi connectivity index (χ1v) is 4.68. The Bertz CT molecular complexity index is 271. The highest BCUT2D eigenvalue weighted by atomic mass is 127. The third kappa shape index (κ3) is 1.29. The largest absolute Gasteiger partial charge is 0.373 e. The quantitative estimate of drug-likeness (QED) is 0.721. The van der Waals surface area contributed by atoms with Gasteiger partial charge in [-0.3, -0.25) is 5.10 Å². The number of fused-ring (bicyclic) bond motifs is 1. The van der Waals surface area contributed by atoms with Gasteiger partial charge in [0.2, 0.25) is 0 Å². The number of halogens is 1. The summed E-state index contributed by atoms with van der Waals surface area (Å²) in [6, 6.07) is 0. The fourth-order valence-electron chi connectivity index (χ4n) is 1.26. The first kappa shape index (κ1) is 7.54. The topological polar surface area (TPSA) is 37.9 Å². The molecule has 2 rings (SSSR count). The van der Waals surface area contributed by atoms with Crippen molar-refractivity contribution in [2.45, 2.75) is 26.1 Å². The third-order valence-corrected chi connectivity index (χ3v) is 2.80. The lowest BCUT2D eigenvalue weighted by Crippen LogP contribution is -2.18. The highest BCUT2D eigenvalue weighted by Gasteiger charge is 2.19. The molecule has 1 aromatic heterocycles. The average Bonchev–Trinajstić information content (AvgIpc) is 2.32. The molecule has 3 nitrogen and oxygen atoms in total. The number of hydrogen-bond acceptors (Lipinski definition) is 2. The van der Waals surface area contributed by atoms with Gasteiger partial charge < -0.3 is 4.74 Å². The summed E-state index contributed by atoms with van der Waals surface area (Å²) in [5, 5.41) is 7.13. The molecule has 1 aromatic rings. The van der Waals surface area contributed by atoms with Gasteiger partial charge in [-0.2, -0.15) is 5.10 Å². The van der Waals surface area contributed by atoms with E-state index < -0.39 is 0 Å². The standard InChI is InChI=1S/C7H9IN2O/c1-4-2-6-5(3-11-4)7(8)10-9-6/h4H,2-3H2,1H3,(H,9,10)/t4-/m0/s1. The zero-order valence-electron chi connectivity index (χ0n) is 6.22. The van der Waals surface area contributed by atoms with E-state index in [0.29, 0.717) is 12.7 Å². The molecule has 1 N–H and O–H groups in total. The van der Waals surface area contributed by atoms with Crippen LogP contribution in [0.15, 0.2) is 0 Å². The normalized spacial score (nSPS) is 23.3. The monoisotopic (exact) mass is 264 g/mol. The van der Waals surface area contributed by atoms with Crippen LogP contribution in [0.2, 0.25) is 0 Å². The van der Waals surface area contributed by atoms with Gasteiger partial charge in [0.1, 0.15) is 3.70 Å². The second kappa shape index (κ2) is 2.75. The molecular formula is C7H9IN2O. The van der Waals surface area contributed by atoms with Crippen molar-refractivity contribution in [3.05, 3.63) is 15.0 Å². The third-order valence-electron chi connectivity index (χ3n) is 1.91. The first-order chi connectivity index (χ1) is 5.27. The van der Waals surface area contributed by atoms with Gasteiger partial charge in [0.25, 0.3) is 0 Å². The molecule has 0 aromatic carbocycles. The summed E-state index contributed by atoms with van der Waals surface area (Å²) in [6.07, 6.45) is 1.30. The minimum atomic E-state index is 0.332. The molecule has 0 radical (unpaired) electrons. The Morgan fingerprint density at radius 3 is 3.36 bits per heavy atom. The van der Waals surface area contributed by atoms with Crippen molar-refractivity contribution < 1.29 is 4.74 Å². The van der Waals surface area contributed by atoms with Crippen molar-refractivity contribution in [3.63, 3.8) is 0 Å². The van der Waals surface area contributed by atoms with Crippen LogP contribution in [0.5, 0.6) is 0 Å². The van der Waals surface area contributed by atoms with E-state index in [1.807, 2.05) is 0 Å². The predicted molar refractivity (Wildman–Crippen MR) is 49.3 cm³/mol. The molecule has 0 aliphatic carbocycles. The van der Waals surface area contributed by atoms with Gasteiger partial charge in [0.15, 0.2) is 0 Å². The summed E-state index contributed by atoms with van der Waals surface area (Å²) in [6.45, 7) is 2.79. The fraction of sp³-hybridized carbons (Fsp3) is 0.571. The molecular weight excluding hydrogens is 255 g/mol. The van der Waals surface area contributed by atoms with E-state index in [1.54, 1.807) is 0 Å². The maximum absolute atomic E-state index is 5.48. The molecule has 0 saturated carbocycles. The van der Waals surface area contributed by atoms with Crippen molar-refractivity contribution in [1.29, 1.82) is 0 Å². The number of ether oxygens (including phenoxy) is 1. The minimum absolute atomic E-state index is 0.332. The van der Waals surface area contributed by atoms with E-state index in [0.717, 1.165) is 10.1 Å². The highest BCUT2D eigenvalue weighted by Crippen LogP contribution is 2.22. The first-order valence-electron chi connectivity index (χ1n) is 3.60. The minimum Gasteiger partial charge on any atom is -0.373 e. The molecule has 2 heterocycles. The fourth-order valence-corrected chi connectivity index (χ4v) is 1.87. The second-order valence-electron chi connectivity index (χ2n) is 2.80. The lowest BCUT2D eigenvalue weighted by molar-refractivity contribution is 0.0400. The summed E-state index contributed by atoms with van der Waals surface area (Å²) in [7, 11) is 0. The number of rotatable bonds is 0. The smallest absolute Gasteiger partial charge is 0.128 e. The van der Waals surface area contributed by atoms with Crippen LogP contribution in [0.3, 0.4) is 0 Å². The molecule has 1 atom stereocenters. The SMILES string of the molecule is C[C@H]1Cc2[nH]nc(I)c2CO1. The van der Waals surface area contributed by atoms with Crippen LogP contribution in [0, 0.1) is 3.70 Å². The maximum atomic E-state index is 5.48. The maximum Gasteiger partial charge on any atom is 0.128 e. The van der Waals surface area contributed by atoms with Crippen LogP contribution in [0.25, 0.3) is 0 Å². The number of nitrogens with zero attached hydrogens (tertiary/aromatic N) is 1. The number of H-pyrrole nitrogens is 1. The summed E-state index contributed by atoms with van der Waals surface area (Å²) < 4.78 is 6.52. The van der Waals surface area contributed by atoms with E-state index in [9.17, 15) is 0 Å². The molecule has 1 aliphatic heterocycles. The molecule has 4 heteroatoms. The van der Waals surface area contributed by atoms with Gasteiger partial charge in [-0.15, -0.1) is 0 Å². The van der Waals surface area contributed by atoms with Crippen LogP contribution in [0.4, 0.5) is 0 Å². The molecule has 60 valence electrons. The Morgan fingerprint density at radius 1 is 1.73 bits per heavy atom.